The fourth-order valence-electron chi connectivity index (χ4n) is 2.01. The number of benzene rings is 1. The fourth-order valence-corrected chi connectivity index (χ4v) is 2.67. The van der Waals surface area contributed by atoms with Gasteiger partial charge in [-0.15, -0.1) is 11.8 Å². The molecule has 1 heterocycles. The van der Waals surface area contributed by atoms with E-state index in [0.717, 1.165) is 11.3 Å². The summed E-state index contributed by atoms with van der Waals surface area (Å²) in [5.41, 5.74) is 0.904. The Kier molecular flexibility index (Phi) is 5.56. The van der Waals surface area contributed by atoms with Crippen molar-refractivity contribution < 1.29 is 9.32 Å². The van der Waals surface area contributed by atoms with Crippen LogP contribution in [-0.2, 0) is 11.2 Å². The van der Waals surface area contributed by atoms with Crippen LogP contribution in [0.2, 0.25) is 0 Å². The second-order valence-electron chi connectivity index (χ2n) is 5.28. The number of ketones is 1. The standard InChI is InChI=1S/C16H20N2O2S/c1-4-21-14-7-5-12(6-8-14)16-17-15(20-18-16)10-13(19)9-11(2)3/h5-8,11H,4,9-10H2,1-3H3. The minimum Gasteiger partial charge on any atom is -0.339 e. The summed E-state index contributed by atoms with van der Waals surface area (Å²) >= 11 is 1.79. The van der Waals surface area contributed by atoms with Gasteiger partial charge in [0.1, 0.15) is 5.78 Å². The maximum Gasteiger partial charge on any atom is 0.234 e. The Hall–Kier alpha value is -1.62. The van der Waals surface area contributed by atoms with Gasteiger partial charge in [-0.25, -0.2) is 0 Å². The molecule has 1 aromatic carbocycles. The molecule has 0 bridgehead atoms. The van der Waals surface area contributed by atoms with Crippen molar-refractivity contribution in [3.05, 3.63) is 30.2 Å². The van der Waals surface area contributed by atoms with E-state index < -0.39 is 0 Å². The summed E-state index contributed by atoms with van der Waals surface area (Å²) in [7, 11) is 0. The maximum absolute atomic E-state index is 11.8. The predicted molar refractivity (Wildman–Crippen MR) is 84.3 cm³/mol. The number of hydrogen-bond acceptors (Lipinski definition) is 5. The van der Waals surface area contributed by atoms with Gasteiger partial charge in [-0.2, -0.15) is 4.98 Å². The average molecular weight is 304 g/mol. The normalized spacial score (nSPS) is 11.0. The van der Waals surface area contributed by atoms with Crippen LogP contribution in [0.1, 0.15) is 33.1 Å². The third-order valence-corrected chi connectivity index (χ3v) is 3.77. The lowest BCUT2D eigenvalue weighted by molar-refractivity contribution is -0.119. The fraction of sp³-hybridized carbons (Fsp3) is 0.438. The van der Waals surface area contributed by atoms with Crippen LogP contribution in [-0.4, -0.2) is 21.7 Å². The number of carbonyl (C=O) groups excluding carboxylic acids is 1. The molecule has 0 atom stereocenters. The summed E-state index contributed by atoms with van der Waals surface area (Å²) in [5, 5.41) is 3.95. The zero-order valence-electron chi connectivity index (χ0n) is 12.6. The molecule has 1 aromatic heterocycles. The minimum atomic E-state index is 0.134. The third kappa shape index (κ3) is 4.70. The summed E-state index contributed by atoms with van der Waals surface area (Å²) in [6.45, 7) is 6.16. The van der Waals surface area contributed by atoms with Crippen LogP contribution in [0, 0.1) is 5.92 Å². The predicted octanol–water partition coefficient (Wildman–Crippen LogP) is 4.01. The van der Waals surface area contributed by atoms with E-state index in [4.69, 9.17) is 4.52 Å². The molecule has 21 heavy (non-hydrogen) atoms. The Balaban J connectivity index is 2.03. The highest BCUT2D eigenvalue weighted by Gasteiger charge is 2.13. The van der Waals surface area contributed by atoms with E-state index in [1.165, 1.54) is 4.90 Å². The van der Waals surface area contributed by atoms with Crippen molar-refractivity contribution in [2.75, 3.05) is 5.75 Å². The van der Waals surface area contributed by atoms with Crippen molar-refractivity contribution in [2.45, 2.75) is 38.5 Å². The number of rotatable bonds is 7. The lowest BCUT2D eigenvalue weighted by atomic mass is 10.1. The molecule has 0 N–H and O–H groups in total. The van der Waals surface area contributed by atoms with Gasteiger partial charge in [0.25, 0.3) is 0 Å². The van der Waals surface area contributed by atoms with E-state index in [1.807, 2.05) is 38.1 Å². The number of aromatic nitrogens is 2. The summed E-state index contributed by atoms with van der Waals surface area (Å²) < 4.78 is 5.16. The maximum atomic E-state index is 11.8. The minimum absolute atomic E-state index is 0.134. The molecule has 0 spiro atoms. The number of nitrogens with zero attached hydrogens (tertiary/aromatic N) is 2. The first kappa shape index (κ1) is 15.8. The molecule has 0 aliphatic carbocycles. The molecule has 2 aromatic rings. The van der Waals surface area contributed by atoms with E-state index in [0.29, 0.717) is 24.1 Å². The lowest BCUT2D eigenvalue weighted by Crippen LogP contribution is -2.06. The van der Waals surface area contributed by atoms with Crippen LogP contribution >= 0.6 is 11.8 Å². The molecule has 0 saturated carbocycles. The molecule has 0 radical (unpaired) electrons. The van der Waals surface area contributed by atoms with Gasteiger partial charge in [0.05, 0.1) is 6.42 Å². The van der Waals surface area contributed by atoms with Gasteiger partial charge in [0.15, 0.2) is 0 Å². The monoisotopic (exact) mass is 304 g/mol. The van der Waals surface area contributed by atoms with E-state index in [-0.39, 0.29) is 12.2 Å². The third-order valence-electron chi connectivity index (χ3n) is 2.88. The molecule has 0 amide bonds. The Labute approximate surface area is 129 Å². The zero-order chi connectivity index (χ0) is 15.2. The van der Waals surface area contributed by atoms with Gasteiger partial charge < -0.3 is 4.52 Å². The second kappa shape index (κ2) is 7.41. The van der Waals surface area contributed by atoms with Gasteiger partial charge in [-0.3, -0.25) is 4.79 Å². The lowest BCUT2D eigenvalue weighted by Gasteiger charge is -2.00. The molecule has 0 saturated heterocycles. The molecule has 0 fully saturated rings. The number of carbonyl (C=O) groups is 1. The van der Waals surface area contributed by atoms with Crippen molar-refractivity contribution in [3.63, 3.8) is 0 Å². The van der Waals surface area contributed by atoms with Gasteiger partial charge in [-0.05, 0) is 35.9 Å². The van der Waals surface area contributed by atoms with Crippen molar-refractivity contribution in [3.8, 4) is 11.4 Å². The highest BCUT2D eigenvalue weighted by atomic mass is 32.2. The summed E-state index contributed by atoms with van der Waals surface area (Å²) in [6, 6.07) is 8.04. The first-order valence-corrected chi connectivity index (χ1v) is 8.14. The van der Waals surface area contributed by atoms with Gasteiger partial charge in [-0.1, -0.05) is 25.9 Å². The summed E-state index contributed by atoms with van der Waals surface area (Å²) in [6.07, 6.45) is 0.760. The molecular weight excluding hydrogens is 284 g/mol. The Morgan fingerprint density at radius 2 is 2.00 bits per heavy atom. The average Bonchev–Trinajstić information content (AvgIpc) is 2.87. The summed E-state index contributed by atoms with van der Waals surface area (Å²) in [4.78, 5) is 17.3. The van der Waals surface area contributed by atoms with Crippen LogP contribution in [0.25, 0.3) is 11.4 Å². The topological polar surface area (TPSA) is 56.0 Å². The van der Waals surface area contributed by atoms with E-state index in [1.54, 1.807) is 11.8 Å². The van der Waals surface area contributed by atoms with Gasteiger partial charge in [0, 0.05) is 16.9 Å². The zero-order valence-corrected chi connectivity index (χ0v) is 13.4. The number of hydrogen-bond donors (Lipinski definition) is 0. The molecule has 4 nitrogen and oxygen atoms in total. The van der Waals surface area contributed by atoms with Gasteiger partial charge in [0.2, 0.25) is 11.7 Å². The highest BCUT2D eigenvalue weighted by Crippen LogP contribution is 2.22. The summed E-state index contributed by atoms with van der Waals surface area (Å²) in [5.74, 6) is 2.46. The largest absolute Gasteiger partial charge is 0.339 e. The second-order valence-corrected chi connectivity index (χ2v) is 6.62. The molecular formula is C16H20N2O2S. The first-order chi connectivity index (χ1) is 10.1. The Bertz CT molecular complexity index is 591. The molecule has 2 rings (SSSR count). The van der Waals surface area contributed by atoms with E-state index >= 15 is 0 Å². The quantitative estimate of drug-likeness (QED) is 0.723. The van der Waals surface area contributed by atoms with E-state index in [2.05, 4.69) is 17.1 Å². The Morgan fingerprint density at radius 3 is 2.62 bits per heavy atom. The molecule has 112 valence electrons. The smallest absolute Gasteiger partial charge is 0.234 e. The van der Waals surface area contributed by atoms with Crippen molar-refractivity contribution in [1.29, 1.82) is 0 Å². The van der Waals surface area contributed by atoms with E-state index in [9.17, 15) is 4.79 Å². The van der Waals surface area contributed by atoms with Crippen LogP contribution in [0.5, 0.6) is 0 Å². The Morgan fingerprint density at radius 1 is 1.29 bits per heavy atom. The van der Waals surface area contributed by atoms with Gasteiger partial charge >= 0.3 is 0 Å². The SMILES string of the molecule is CCSc1ccc(-c2noc(CC(=O)CC(C)C)n2)cc1. The molecule has 0 aliphatic rings. The first-order valence-electron chi connectivity index (χ1n) is 7.16. The van der Waals surface area contributed by atoms with Crippen LogP contribution in [0.3, 0.4) is 0 Å². The highest BCUT2D eigenvalue weighted by molar-refractivity contribution is 7.99. The van der Waals surface area contributed by atoms with Crippen molar-refractivity contribution in [1.82, 2.24) is 10.1 Å². The number of Topliss-reactive ketones (excluding diaryl/α,β-unsaturated/α-hetero) is 1. The molecule has 5 heteroatoms. The van der Waals surface area contributed by atoms with Crippen LogP contribution < -0.4 is 0 Å². The molecule has 0 unspecified atom stereocenters. The van der Waals surface area contributed by atoms with Crippen LogP contribution in [0.15, 0.2) is 33.7 Å². The van der Waals surface area contributed by atoms with Crippen molar-refractivity contribution >= 4 is 17.5 Å². The van der Waals surface area contributed by atoms with Crippen molar-refractivity contribution in [2.24, 2.45) is 5.92 Å². The van der Waals surface area contributed by atoms with Crippen LogP contribution in [0.4, 0.5) is 0 Å². The molecule has 0 aliphatic heterocycles. The number of thioether (sulfide) groups is 1.